The Labute approximate surface area is 136 Å². The van der Waals surface area contributed by atoms with Gasteiger partial charge in [-0.15, -0.1) is 0 Å². The Balaban J connectivity index is 1.70. The summed E-state index contributed by atoms with van der Waals surface area (Å²) in [5.74, 6) is 0.930. The zero-order valence-corrected chi connectivity index (χ0v) is 14.1. The highest BCUT2D eigenvalue weighted by molar-refractivity contribution is 7.91. The summed E-state index contributed by atoms with van der Waals surface area (Å²) in [5, 5.41) is 0.649. The Bertz CT molecular complexity index is 615. The number of sulfone groups is 1. The van der Waals surface area contributed by atoms with Crippen molar-refractivity contribution in [3.8, 4) is 5.75 Å². The number of carbonyl (C=O) groups is 1. The lowest BCUT2D eigenvalue weighted by Gasteiger charge is -2.23. The van der Waals surface area contributed by atoms with Crippen molar-refractivity contribution in [1.82, 2.24) is 4.90 Å². The van der Waals surface area contributed by atoms with Crippen LogP contribution in [0.15, 0.2) is 24.3 Å². The molecule has 1 atom stereocenters. The van der Waals surface area contributed by atoms with Gasteiger partial charge in [0.25, 0.3) is 0 Å². The van der Waals surface area contributed by atoms with E-state index in [0.29, 0.717) is 36.6 Å². The second-order valence-corrected chi connectivity index (χ2v) is 8.13. The number of hydrogen-bond acceptors (Lipinski definition) is 4. The Hall–Kier alpha value is -1.27. The van der Waals surface area contributed by atoms with E-state index in [4.69, 9.17) is 16.3 Å². The normalized spacial score (nSPS) is 19.8. The highest BCUT2D eigenvalue weighted by Gasteiger charge is 2.32. The molecule has 122 valence electrons. The predicted octanol–water partition coefficient (Wildman–Crippen LogP) is 2.14. The first-order chi connectivity index (χ1) is 10.4. The second-order valence-electron chi connectivity index (χ2n) is 5.47. The van der Waals surface area contributed by atoms with Crippen LogP contribution >= 0.6 is 11.6 Å². The third-order valence-corrected chi connectivity index (χ3v) is 5.77. The fourth-order valence-electron chi connectivity index (χ4n) is 2.41. The first-order valence-electron chi connectivity index (χ1n) is 7.22. The molecule has 0 N–H and O–H groups in total. The van der Waals surface area contributed by atoms with Crippen molar-refractivity contribution >= 4 is 27.3 Å². The molecular formula is C15H20ClNO4S. The number of rotatable bonds is 6. The van der Waals surface area contributed by atoms with Gasteiger partial charge in [-0.2, -0.15) is 0 Å². The third-order valence-electron chi connectivity index (χ3n) is 3.77. The molecule has 0 bridgehead atoms. The maximum Gasteiger partial charge on any atom is 0.222 e. The van der Waals surface area contributed by atoms with Gasteiger partial charge >= 0.3 is 0 Å². The predicted molar refractivity (Wildman–Crippen MR) is 86.0 cm³/mol. The largest absolute Gasteiger partial charge is 0.494 e. The quantitative estimate of drug-likeness (QED) is 0.741. The van der Waals surface area contributed by atoms with E-state index >= 15 is 0 Å². The Morgan fingerprint density at radius 1 is 1.36 bits per heavy atom. The lowest BCUT2D eigenvalue weighted by atomic mass is 10.2. The molecule has 1 fully saturated rings. The Morgan fingerprint density at radius 3 is 2.64 bits per heavy atom. The van der Waals surface area contributed by atoms with Crippen LogP contribution in [0.2, 0.25) is 5.02 Å². The van der Waals surface area contributed by atoms with E-state index in [1.54, 1.807) is 36.2 Å². The standard InChI is InChI=1S/C15H20ClNO4S/c1-17(13-8-10-22(19,20)11-13)15(18)3-2-9-21-14-6-4-12(16)5-7-14/h4-7,13H,2-3,8-11H2,1H3. The van der Waals surface area contributed by atoms with Crippen LogP contribution in [0.1, 0.15) is 19.3 Å². The molecule has 1 aromatic carbocycles. The van der Waals surface area contributed by atoms with Crippen LogP contribution in [0.3, 0.4) is 0 Å². The molecule has 2 rings (SSSR count). The topological polar surface area (TPSA) is 63.7 Å². The van der Waals surface area contributed by atoms with Crippen molar-refractivity contribution in [2.24, 2.45) is 0 Å². The van der Waals surface area contributed by atoms with E-state index in [2.05, 4.69) is 0 Å². The SMILES string of the molecule is CN(C(=O)CCCOc1ccc(Cl)cc1)C1CCS(=O)(=O)C1. The summed E-state index contributed by atoms with van der Waals surface area (Å²) in [5.41, 5.74) is 0. The maximum atomic E-state index is 12.1. The fourth-order valence-corrected chi connectivity index (χ4v) is 4.31. The van der Waals surface area contributed by atoms with Gasteiger partial charge in [-0.05, 0) is 37.1 Å². The molecule has 5 nitrogen and oxygen atoms in total. The molecule has 1 aliphatic rings. The van der Waals surface area contributed by atoms with E-state index in [0.717, 1.165) is 0 Å². The molecule has 1 aromatic rings. The fraction of sp³-hybridized carbons (Fsp3) is 0.533. The number of benzene rings is 1. The van der Waals surface area contributed by atoms with Gasteiger partial charge in [-0.3, -0.25) is 4.79 Å². The van der Waals surface area contributed by atoms with Crippen molar-refractivity contribution in [2.75, 3.05) is 25.2 Å². The van der Waals surface area contributed by atoms with Gasteiger partial charge in [0.1, 0.15) is 5.75 Å². The van der Waals surface area contributed by atoms with Crippen molar-refractivity contribution in [2.45, 2.75) is 25.3 Å². The third kappa shape index (κ3) is 4.88. The van der Waals surface area contributed by atoms with Gasteiger partial charge in [0, 0.05) is 24.5 Å². The summed E-state index contributed by atoms with van der Waals surface area (Å²) >= 11 is 5.78. The molecular weight excluding hydrogens is 326 g/mol. The monoisotopic (exact) mass is 345 g/mol. The number of carbonyl (C=O) groups excluding carboxylic acids is 1. The highest BCUT2D eigenvalue weighted by atomic mass is 35.5. The van der Waals surface area contributed by atoms with E-state index in [9.17, 15) is 13.2 Å². The molecule has 0 saturated carbocycles. The molecule has 1 heterocycles. The molecule has 0 aliphatic carbocycles. The minimum Gasteiger partial charge on any atom is -0.494 e. The van der Waals surface area contributed by atoms with Gasteiger partial charge in [0.15, 0.2) is 9.84 Å². The van der Waals surface area contributed by atoms with Crippen molar-refractivity contribution < 1.29 is 17.9 Å². The minimum absolute atomic E-state index is 0.0400. The van der Waals surface area contributed by atoms with E-state index in [1.165, 1.54) is 0 Å². The average Bonchev–Trinajstić information content (AvgIpc) is 2.84. The van der Waals surface area contributed by atoms with Crippen molar-refractivity contribution in [1.29, 1.82) is 0 Å². The minimum atomic E-state index is -2.97. The molecule has 1 unspecified atom stereocenters. The van der Waals surface area contributed by atoms with Crippen LogP contribution in [0.4, 0.5) is 0 Å². The summed E-state index contributed by atoms with van der Waals surface area (Å²) in [6.45, 7) is 0.435. The molecule has 0 aromatic heterocycles. The average molecular weight is 346 g/mol. The zero-order chi connectivity index (χ0) is 16.2. The van der Waals surface area contributed by atoms with Crippen LogP contribution in [0.25, 0.3) is 0 Å². The highest BCUT2D eigenvalue weighted by Crippen LogP contribution is 2.18. The molecule has 1 saturated heterocycles. The van der Waals surface area contributed by atoms with Gasteiger partial charge in [-0.1, -0.05) is 11.6 Å². The Morgan fingerprint density at radius 2 is 2.05 bits per heavy atom. The van der Waals surface area contributed by atoms with Crippen molar-refractivity contribution in [3.05, 3.63) is 29.3 Å². The zero-order valence-electron chi connectivity index (χ0n) is 12.5. The summed E-state index contributed by atoms with van der Waals surface area (Å²) in [4.78, 5) is 13.6. The van der Waals surface area contributed by atoms with Crippen LogP contribution in [-0.2, 0) is 14.6 Å². The van der Waals surface area contributed by atoms with E-state index < -0.39 is 9.84 Å². The van der Waals surface area contributed by atoms with Crippen LogP contribution < -0.4 is 4.74 Å². The van der Waals surface area contributed by atoms with Gasteiger partial charge in [-0.25, -0.2) is 8.42 Å². The van der Waals surface area contributed by atoms with Crippen molar-refractivity contribution in [3.63, 3.8) is 0 Å². The molecule has 1 amide bonds. The maximum absolute atomic E-state index is 12.1. The first kappa shape index (κ1) is 17.1. The van der Waals surface area contributed by atoms with Crippen LogP contribution in [0.5, 0.6) is 5.75 Å². The van der Waals surface area contributed by atoms with E-state index in [-0.39, 0.29) is 23.5 Å². The lowest BCUT2D eigenvalue weighted by Crippen LogP contribution is -2.37. The Kier molecular flexibility index (Phi) is 5.69. The number of ether oxygens (including phenoxy) is 1. The first-order valence-corrected chi connectivity index (χ1v) is 9.42. The second kappa shape index (κ2) is 7.33. The van der Waals surface area contributed by atoms with Gasteiger partial charge < -0.3 is 9.64 Å². The summed E-state index contributed by atoms with van der Waals surface area (Å²) in [6, 6.07) is 6.86. The van der Waals surface area contributed by atoms with E-state index in [1.807, 2.05) is 0 Å². The van der Waals surface area contributed by atoms with Gasteiger partial charge in [0.2, 0.25) is 5.91 Å². The van der Waals surface area contributed by atoms with Crippen LogP contribution in [-0.4, -0.2) is 50.4 Å². The number of nitrogens with zero attached hydrogens (tertiary/aromatic N) is 1. The molecule has 22 heavy (non-hydrogen) atoms. The van der Waals surface area contributed by atoms with Crippen LogP contribution in [0, 0.1) is 0 Å². The molecule has 7 heteroatoms. The molecule has 1 aliphatic heterocycles. The number of hydrogen-bond donors (Lipinski definition) is 0. The lowest BCUT2D eigenvalue weighted by molar-refractivity contribution is -0.131. The number of halogens is 1. The summed E-state index contributed by atoms with van der Waals surface area (Å²) < 4.78 is 28.4. The smallest absolute Gasteiger partial charge is 0.222 e. The number of amides is 1. The summed E-state index contributed by atoms with van der Waals surface area (Å²) in [6.07, 6.45) is 1.47. The summed E-state index contributed by atoms with van der Waals surface area (Å²) in [7, 11) is -1.29. The molecule has 0 radical (unpaired) electrons. The molecule has 0 spiro atoms. The van der Waals surface area contributed by atoms with Gasteiger partial charge in [0.05, 0.1) is 18.1 Å².